The highest BCUT2D eigenvalue weighted by atomic mass is 14.8. The number of hydrogen-bond donors (Lipinski definition) is 1. The van der Waals surface area contributed by atoms with Crippen LogP contribution in [0.5, 0.6) is 0 Å². The van der Waals surface area contributed by atoms with Gasteiger partial charge in [-0.15, -0.1) is 0 Å². The van der Waals surface area contributed by atoms with Crippen LogP contribution >= 0.6 is 0 Å². The summed E-state index contributed by atoms with van der Waals surface area (Å²) in [6.45, 7) is 4.05. The highest BCUT2D eigenvalue weighted by Crippen LogP contribution is 2.13. The SMILES string of the molecule is CCNCc1ccc2ccncc2c1. The van der Waals surface area contributed by atoms with Crippen LogP contribution in [0.15, 0.2) is 36.7 Å². The van der Waals surface area contributed by atoms with Gasteiger partial charge < -0.3 is 5.32 Å². The summed E-state index contributed by atoms with van der Waals surface area (Å²) in [6.07, 6.45) is 3.73. The Kier molecular flexibility index (Phi) is 2.75. The lowest BCUT2D eigenvalue weighted by Crippen LogP contribution is -2.11. The lowest BCUT2D eigenvalue weighted by molar-refractivity contribution is 0.727. The van der Waals surface area contributed by atoms with Gasteiger partial charge in [0.2, 0.25) is 0 Å². The molecule has 2 aromatic rings. The highest BCUT2D eigenvalue weighted by molar-refractivity contribution is 5.81. The molecule has 14 heavy (non-hydrogen) atoms. The zero-order valence-corrected chi connectivity index (χ0v) is 8.33. The Morgan fingerprint density at radius 3 is 3.00 bits per heavy atom. The molecule has 72 valence electrons. The number of rotatable bonds is 3. The monoisotopic (exact) mass is 186 g/mol. The lowest BCUT2D eigenvalue weighted by Gasteiger charge is -2.03. The van der Waals surface area contributed by atoms with E-state index in [1.54, 1.807) is 0 Å². The molecule has 0 aliphatic rings. The molecule has 0 amide bonds. The first-order valence-corrected chi connectivity index (χ1v) is 4.93. The molecular formula is C12H14N2. The largest absolute Gasteiger partial charge is 0.313 e. The van der Waals surface area contributed by atoms with E-state index < -0.39 is 0 Å². The normalized spacial score (nSPS) is 10.6. The zero-order chi connectivity index (χ0) is 9.80. The van der Waals surface area contributed by atoms with Crippen molar-refractivity contribution in [3.63, 3.8) is 0 Å². The van der Waals surface area contributed by atoms with E-state index in [9.17, 15) is 0 Å². The van der Waals surface area contributed by atoms with E-state index in [2.05, 4.69) is 35.4 Å². The second-order valence-electron chi connectivity index (χ2n) is 3.34. The molecule has 2 nitrogen and oxygen atoms in total. The summed E-state index contributed by atoms with van der Waals surface area (Å²) in [4.78, 5) is 4.11. The summed E-state index contributed by atoms with van der Waals surface area (Å²) in [5.41, 5.74) is 1.31. The lowest BCUT2D eigenvalue weighted by atomic mass is 10.1. The Morgan fingerprint density at radius 1 is 1.21 bits per heavy atom. The van der Waals surface area contributed by atoms with Gasteiger partial charge in [0.25, 0.3) is 0 Å². The van der Waals surface area contributed by atoms with Crippen LogP contribution in [0.4, 0.5) is 0 Å². The molecule has 0 aliphatic heterocycles. The fourth-order valence-electron chi connectivity index (χ4n) is 1.51. The maximum Gasteiger partial charge on any atom is 0.0346 e. The molecule has 2 heteroatoms. The number of nitrogens with one attached hydrogen (secondary N) is 1. The predicted octanol–water partition coefficient (Wildman–Crippen LogP) is 2.34. The molecule has 0 atom stereocenters. The van der Waals surface area contributed by atoms with Crippen molar-refractivity contribution in [2.45, 2.75) is 13.5 Å². The van der Waals surface area contributed by atoms with Crippen molar-refractivity contribution in [2.75, 3.05) is 6.54 Å². The van der Waals surface area contributed by atoms with Crippen LogP contribution in [0.1, 0.15) is 12.5 Å². The summed E-state index contributed by atoms with van der Waals surface area (Å²) >= 11 is 0. The maximum atomic E-state index is 4.11. The molecule has 0 aliphatic carbocycles. The van der Waals surface area contributed by atoms with Gasteiger partial charge in [-0.2, -0.15) is 0 Å². The second kappa shape index (κ2) is 4.20. The van der Waals surface area contributed by atoms with Crippen molar-refractivity contribution in [2.24, 2.45) is 0 Å². The molecule has 0 spiro atoms. The topological polar surface area (TPSA) is 24.9 Å². The van der Waals surface area contributed by atoms with Gasteiger partial charge in [-0.25, -0.2) is 0 Å². The Hall–Kier alpha value is -1.41. The van der Waals surface area contributed by atoms with Gasteiger partial charge in [0.15, 0.2) is 0 Å². The molecule has 0 bridgehead atoms. The van der Waals surface area contributed by atoms with Gasteiger partial charge in [-0.05, 0) is 29.6 Å². The third-order valence-corrected chi connectivity index (χ3v) is 2.28. The molecule has 0 fully saturated rings. The van der Waals surface area contributed by atoms with Crippen LogP contribution in [-0.4, -0.2) is 11.5 Å². The third-order valence-electron chi connectivity index (χ3n) is 2.28. The van der Waals surface area contributed by atoms with Crippen LogP contribution in [0.2, 0.25) is 0 Å². The van der Waals surface area contributed by atoms with Crippen LogP contribution in [0.25, 0.3) is 10.8 Å². The van der Waals surface area contributed by atoms with Gasteiger partial charge in [-0.1, -0.05) is 19.1 Å². The fraction of sp³-hybridized carbons (Fsp3) is 0.250. The van der Waals surface area contributed by atoms with Gasteiger partial charge in [0.1, 0.15) is 0 Å². The van der Waals surface area contributed by atoms with Crippen molar-refractivity contribution in [1.29, 1.82) is 0 Å². The molecule has 2 rings (SSSR count). The van der Waals surface area contributed by atoms with Crippen LogP contribution in [-0.2, 0) is 6.54 Å². The van der Waals surface area contributed by atoms with Crippen LogP contribution < -0.4 is 5.32 Å². The highest BCUT2D eigenvalue weighted by Gasteiger charge is 1.95. The van der Waals surface area contributed by atoms with E-state index in [0.717, 1.165) is 13.1 Å². The van der Waals surface area contributed by atoms with E-state index in [1.807, 2.05) is 18.5 Å². The summed E-state index contributed by atoms with van der Waals surface area (Å²) in [7, 11) is 0. The molecule has 1 N–H and O–H groups in total. The molecule has 0 radical (unpaired) electrons. The number of pyridine rings is 1. The van der Waals surface area contributed by atoms with Gasteiger partial charge in [-0.3, -0.25) is 4.98 Å². The van der Waals surface area contributed by atoms with E-state index in [1.165, 1.54) is 16.3 Å². The molecule has 0 saturated heterocycles. The summed E-state index contributed by atoms with van der Waals surface area (Å²) < 4.78 is 0. The first-order chi connectivity index (χ1) is 6.90. The van der Waals surface area contributed by atoms with Crippen molar-refractivity contribution >= 4 is 10.8 Å². The summed E-state index contributed by atoms with van der Waals surface area (Å²) in [6, 6.07) is 8.52. The predicted molar refractivity (Wildman–Crippen MR) is 59.1 cm³/mol. The van der Waals surface area contributed by atoms with E-state index in [0.29, 0.717) is 0 Å². The Balaban J connectivity index is 2.32. The van der Waals surface area contributed by atoms with Crippen molar-refractivity contribution in [1.82, 2.24) is 10.3 Å². The molecule has 0 unspecified atom stereocenters. The fourth-order valence-corrected chi connectivity index (χ4v) is 1.51. The Labute approximate surface area is 84.0 Å². The van der Waals surface area contributed by atoms with Crippen molar-refractivity contribution in [3.05, 3.63) is 42.2 Å². The van der Waals surface area contributed by atoms with E-state index in [-0.39, 0.29) is 0 Å². The average molecular weight is 186 g/mol. The first-order valence-electron chi connectivity index (χ1n) is 4.93. The summed E-state index contributed by atoms with van der Waals surface area (Å²) in [5, 5.41) is 5.77. The number of fused-ring (bicyclic) bond motifs is 1. The van der Waals surface area contributed by atoms with Gasteiger partial charge >= 0.3 is 0 Å². The quantitative estimate of drug-likeness (QED) is 0.795. The first kappa shape index (κ1) is 9.16. The minimum atomic E-state index is 0.932. The smallest absolute Gasteiger partial charge is 0.0346 e. The molecule has 0 saturated carbocycles. The third kappa shape index (κ3) is 1.91. The number of benzene rings is 1. The van der Waals surface area contributed by atoms with Gasteiger partial charge in [0.05, 0.1) is 0 Å². The van der Waals surface area contributed by atoms with Crippen molar-refractivity contribution < 1.29 is 0 Å². The summed E-state index contributed by atoms with van der Waals surface area (Å²) in [5.74, 6) is 0. The van der Waals surface area contributed by atoms with Crippen LogP contribution in [0.3, 0.4) is 0 Å². The van der Waals surface area contributed by atoms with E-state index >= 15 is 0 Å². The van der Waals surface area contributed by atoms with Crippen LogP contribution in [0, 0.1) is 0 Å². The number of aromatic nitrogens is 1. The Morgan fingerprint density at radius 2 is 2.14 bits per heavy atom. The molecular weight excluding hydrogens is 172 g/mol. The van der Waals surface area contributed by atoms with Crippen molar-refractivity contribution in [3.8, 4) is 0 Å². The standard InChI is InChI=1S/C12H14N2/c1-2-13-8-10-3-4-11-5-6-14-9-12(11)7-10/h3-7,9,13H,2,8H2,1H3. The average Bonchev–Trinajstić information content (AvgIpc) is 2.26. The Bertz CT molecular complexity index is 423. The minimum absolute atomic E-state index is 0.932. The maximum absolute atomic E-state index is 4.11. The van der Waals surface area contributed by atoms with E-state index in [4.69, 9.17) is 0 Å². The number of nitrogens with zero attached hydrogens (tertiary/aromatic N) is 1. The minimum Gasteiger partial charge on any atom is -0.313 e. The molecule has 1 aromatic heterocycles. The molecule has 1 heterocycles. The zero-order valence-electron chi connectivity index (χ0n) is 8.33. The molecule has 1 aromatic carbocycles. The van der Waals surface area contributed by atoms with Gasteiger partial charge in [0, 0.05) is 24.3 Å². The second-order valence-corrected chi connectivity index (χ2v) is 3.34. The number of hydrogen-bond acceptors (Lipinski definition) is 2.